The first kappa shape index (κ1) is 13.8. The van der Waals surface area contributed by atoms with Crippen LogP contribution < -0.4 is 5.32 Å². The number of fused-ring (bicyclic) bond motifs is 1. The first-order chi connectivity index (χ1) is 10.3. The zero-order valence-corrected chi connectivity index (χ0v) is 12.5. The van der Waals surface area contributed by atoms with Crippen molar-refractivity contribution in [1.82, 2.24) is 10.3 Å². The Labute approximate surface area is 125 Å². The molecule has 108 valence electrons. The number of para-hydroxylation sites is 1. The van der Waals surface area contributed by atoms with Gasteiger partial charge >= 0.3 is 0 Å². The van der Waals surface area contributed by atoms with E-state index in [0.29, 0.717) is 0 Å². The van der Waals surface area contributed by atoms with Gasteiger partial charge in [-0.05, 0) is 31.3 Å². The lowest BCUT2D eigenvalue weighted by Gasteiger charge is -2.13. The number of rotatable bonds is 5. The molecule has 0 bridgehead atoms. The average molecular weight is 280 g/mol. The molecular weight excluding hydrogens is 260 g/mol. The summed E-state index contributed by atoms with van der Waals surface area (Å²) >= 11 is 0. The van der Waals surface area contributed by atoms with Crippen LogP contribution in [0.1, 0.15) is 30.2 Å². The van der Waals surface area contributed by atoms with Crippen LogP contribution in [0.15, 0.2) is 52.9 Å². The van der Waals surface area contributed by atoms with Gasteiger partial charge in [0, 0.05) is 23.9 Å². The minimum Gasteiger partial charge on any atom is -0.464 e. The second-order valence-electron chi connectivity index (χ2n) is 5.20. The lowest BCUT2D eigenvalue weighted by atomic mass is 10.1. The van der Waals surface area contributed by atoms with Gasteiger partial charge in [0.25, 0.3) is 0 Å². The first-order valence-corrected chi connectivity index (χ1v) is 7.40. The summed E-state index contributed by atoms with van der Waals surface area (Å²) in [6.45, 7) is 2.10. The van der Waals surface area contributed by atoms with Gasteiger partial charge in [0.1, 0.15) is 11.5 Å². The number of nitrogens with zero attached hydrogens (tertiary/aromatic N) is 1. The molecule has 0 radical (unpaired) electrons. The molecule has 3 heteroatoms. The second-order valence-corrected chi connectivity index (χ2v) is 5.20. The molecular formula is C18H20N2O. The third kappa shape index (κ3) is 2.98. The Hall–Kier alpha value is -2.13. The summed E-state index contributed by atoms with van der Waals surface area (Å²) in [5.41, 5.74) is 2.11. The highest BCUT2D eigenvalue weighted by atomic mass is 16.3. The van der Waals surface area contributed by atoms with E-state index in [1.54, 1.807) is 0 Å². The molecule has 1 aromatic carbocycles. The summed E-state index contributed by atoms with van der Waals surface area (Å²) in [6, 6.07) is 16.7. The second kappa shape index (κ2) is 6.10. The van der Waals surface area contributed by atoms with Gasteiger partial charge in [0.2, 0.25) is 0 Å². The van der Waals surface area contributed by atoms with Crippen molar-refractivity contribution < 1.29 is 4.42 Å². The smallest absolute Gasteiger partial charge is 0.121 e. The predicted molar refractivity (Wildman–Crippen MR) is 85.3 cm³/mol. The van der Waals surface area contributed by atoms with Gasteiger partial charge in [-0.2, -0.15) is 0 Å². The number of nitrogens with one attached hydrogen (secondary N) is 1. The van der Waals surface area contributed by atoms with Crippen LogP contribution in [0.25, 0.3) is 10.9 Å². The normalized spacial score (nSPS) is 12.7. The van der Waals surface area contributed by atoms with Crippen molar-refractivity contribution in [2.75, 3.05) is 7.05 Å². The molecule has 1 atom stereocenters. The van der Waals surface area contributed by atoms with Crippen molar-refractivity contribution in [3.63, 3.8) is 0 Å². The van der Waals surface area contributed by atoms with E-state index in [1.165, 1.54) is 5.39 Å². The standard InChI is InChI=1S/C18H20N2O/c1-3-15-10-11-18(21-15)17(19-2)12-14-9-8-13-6-4-5-7-16(13)20-14/h4-11,17,19H,3,12H2,1-2H3. The quantitative estimate of drug-likeness (QED) is 0.770. The van der Waals surface area contributed by atoms with E-state index in [2.05, 4.69) is 42.6 Å². The maximum Gasteiger partial charge on any atom is 0.121 e. The fraction of sp³-hybridized carbons (Fsp3) is 0.278. The van der Waals surface area contributed by atoms with Crippen LogP contribution >= 0.6 is 0 Å². The maximum absolute atomic E-state index is 5.86. The van der Waals surface area contributed by atoms with E-state index in [9.17, 15) is 0 Å². The van der Waals surface area contributed by atoms with Gasteiger partial charge in [0.05, 0.1) is 11.6 Å². The average Bonchev–Trinajstić information content (AvgIpc) is 3.01. The van der Waals surface area contributed by atoms with Crippen LogP contribution in [0.2, 0.25) is 0 Å². The molecule has 1 unspecified atom stereocenters. The van der Waals surface area contributed by atoms with E-state index in [-0.39, 0.29) is 6.04 Å². The minimum absolute atomic E-state index is 0.152. The molecule has 0 saturated carbocycles. The third-order valence-corrected chi connectivity index (χ3v) is 3.79. The molecule has 3 aromatic rings. The molecule has 2 aromatic heterocycles. The van der Waals surface area contributed by atoms with E-state index in [4.69, 9.17) is 9.40 Å². The van der Waals surface area contributed by atoms with Crippen LogP contribution in [-0.4, -0.2) is 12.0 Å². The Balaban J connectivity index is 1.84. The third-order valence-electron chi connectivity index (χ3n) is 3.79. The van der Waals surface area contributed by atoms with Gasteiger partial charge in [-0.1, -0.05) is 31.2 Å². The molecule has 21 heavy (non-hydrogen) atoms. The Morgan fingerprint density at radius 1 is 1.10 bits per heavy atom. The molecule has 0 aliphatic rings. The van der Waals surface area contributed by atoms with E-state index in [0.717, 1.165) is 35.6 Å². The van der Waals surface area contributed by atoms with Gasteiger partial charge in [0.15, 0.2) is 0 Å². The Morgan fingerprint density at radius 2 is 1.95 bits per heavy atom. The number of hydrogen-bond acceptors (Lipinski definition) is 3. The summed E-state index contributed by atoms with van der Waals surface area (Å²) in [7, 11) is 1.96. The molecule has 1 N–H and O–H groups in total. The molecule has 0 spiro atoms. The molecule has 0 amide bonds. The van der Waals surface area contributed by atoms with Gasteiger partial charge in [-0.3, -0.25) is 4.98 Å². The highest BCUT2D eigenvalue weighted by Crippen LogP contribution is 2.21. The summed E-state index contributed by atoms with van der Waals surface area (Å²) in [5, 5.41) is 4.49. The number of aryl methyl sites for hydroxylation is 1. The maximum atomic E-state index is 5.86. The van der Waals surface area contributed by atoms with Crippen LogP contribution in [0.4, 0.5) is 0 Å². The van der Waals surface area contributed by atoms with E-state index in [1.807, 2.05) is 25.2 Å². The minimum atomic E-state index is 0.152. The van der Waals surface area contributed by atoms with Gasteiger partial charge in [-0.25, -0.2) is 0 Å². The summed E-state index contributed by atoms with van der Waals surface area (Å²) < 4.78 is 5.86. The molecule has 0 saturated heterocycles. The molecule has 0 aliphatic carbocycles. The first-order valence-electron chi connectivity index (χ1n) is 7.40. The molecule has 0 fully saturated rings. The van der Waals surface area contributed by atoms with Gasteiger partial charge < -0.3 is 9.73 Å². The van der Waals surface area contributed by atoms with Crippen molar-refractivity contribution in [1.29, 1.82) is 0 Å². The number of pyridine rings is 1. The van der Waals surface area contributed by atoms with E-state index < -0.39 is 0 Å². The Morgan fingerprint density at radius 3 is 2.71 bits per heavy atom. The van der Waals surface area contributed by atoms with Crippen LogP contribution in [0, 0.1) is 0 Å². The molecule has 2 heterocycles. The monoisotopic (exact) mass is 280 g/mol. The number of benzene rings is 1. The van der Waals surface area contributed by atoms with Crippen molar-refractivity contribution in [2.45, 2.75) is 25.8 Å². The fourth-order valence-corrected chi connectivity index (χ4v) is 2.55. The number of likely N-dealkylation sites (N-methyl/N-ethyl adjacent to an activating group) is 1. The fourth-order valence-electron chi connectivity index (χ4n) is 2.55. The molecule has 3 rings (SSSR count). The lowest BCUT2D eigenvalue weighted by molar-refractivity contribution is 0.405. The predicted octanol–water partition coefficient (Wildman–Crippen LogP) is 3.89. The topological polar surface area (TPSA) is 38.1 Å². The van der Waals surface area contributed by atoms with Crippen molar-refractivity contribution >= 4 is 10.9 Å². The number of hydrogen-bond donors (Lipinski definition) is 1. The number of aromatic nitrogens is 1. The summed E-state index contributed by atoms with van der Waals surface area (Å²) in [6.07, 6.45) is 1.74. The van der Waals surface area contributed by atoms with Crippen LogP contribution in [-0.2, 0) is 12.8 Å². The zero-order chi connectivity index (χ0) is 14.7. The Bertz CT molecular complexity index is 733. The highest BCUT2D eigenvalue weighted by molar-refractivity contribution is 5.78. The van der Waals surface area contributed by atoms with Gasteiger partial charge in [-0.15, -0.1) is 0 Å². The largest absolute Gasteiger partial charge is 0.464 e. The molecule has 3 nitrogen and oxygen atoms in total. The summed E-state index contributed by atoms with van der Waals surface area (Å²) in [4.78, 5) is 4.73. The Kier molecular flexibility index (Phi) is 4.02. The van der Waals surface area contributed by atoms with Crippen molar-refractivity contribution in [3.05, 3.63) is 65.7 Å². The summed E-state index contributed by atoms with van der Waals surface area (Å²) in [5.74, 6) is 2.00. The molecule has 0 aliphatic heterocycles. The van der Waals surface area contributed by atoms with Crippen molar-refractivity contribution in [3.8, 4) is 0 Å². The van der Waals surface area contributed by atoms with Crippen LogP contribution in [0.3, 0.4) is 0 Å². The van der Waals surface area contributed by atoms with Crippen LogP contribution in [0.5, 0.6) is 0 Å². The highest BCUT2D eigenvalue weighted by Gasteiger charge is 2.15. The van der Waals surface area contributed by atoms with E-state index >= 15 is 0 Å². The number of furan rings is 1. The SMILES string of the molecule is CCc1ccc(C(Cc2ccc3ccccc3n2)NC)o1. The zero-order valence-electron chi connectivity index (χ0n) is 12.5. The van der Waals surface area contributed by atoms with Crippen molar-refractivity contribution in [2.24, 2.45) is 0 Å². The lowest BCUT2D eigenvalue weighted by Crippen LogP contribution is -2.18.